The molecule has 0 fully saturated rings. The van der Waals surface area contributed by atoms with Crippen molar-refractivity contribution in [3.05, 3.63) is 24.3 Å². The number of para-hydroxylation sites is 1. The van der Waals surface area contributed by atoms with Crippen LogP contribution in [-0.2, 0) is 0 Å². The summed E-state index contributed by atoms with van der Waals surface area (Å²) in [5.41, 5.74) is -0.473. The Morgan fingerprint density at radius 2 is 1.50 bits per heavy atom. The monoisotopic (exact) mass is 221 g/mol. The maximum Gasteiger partial charge on any atom is 0.169 e. The molecule has 0 saturated carbocycles. The lowest BCUT2D eigenvalue weighted by Crippen LogP contribution is -2.26. The lowest BCUT2D eigenvalue weighted by Gasteiger charge is -2.26. The van der Waals surface area contributed by atoms with E-state index in [9.17, 15) is 0 Å². The van der Waals surface area contributed by atoms with E-state index in [1.165, 1.54) is 0 Å². The zero-order chi connectivity index (χ0) is 12.4. The minimum Gasteiger partial charge on any atom is -0.484 e. The quantitative estimate of drug-likeness (QED) is 0.755. The Hall–Kier alpha value is -1.18. The highest BCUT2D eigenvalue weighted by molar-refractivity contribution is 5.39. The van der Waals surface area contributed by atoms with E-state index in [4.69, 9.17) is 9.47 Å². The van der Waals surface area contributed by atoms with Gasteiger partial charge in [0.15, 0.2) is 11.5 Å². The second-order valence-electron chi connectivity index (χ2n) is 5.79. The van der Waals surface area contributed by atoms with Crippen LogP contribution in [0.3, 0.4) is 0 Å². The third kappa shape index (κ3) is 4.56. The molecular formula is C14H21O2. The highest BCUT2D eigenvalue weighted by Gasteiger charge is 2.19. The minimum atomic E-state index is -0.242. The maximum absolute atomic E-state index is 5.82. The fourth-order valence-electron chi connectivity index (χ4n) is 1.20. The van der Waals surface area contributed by atoms with Gasteiger partial charge in [-0.2, -0.15) is 0 Å². The van der Waals surface area contributed by atoms with Crippen LogP contribution < -0.4 is 9.47 Å². The SMILES string of the molecule is CC(C)(C)Oc1[c]cccc1OC(C)(C)C. The Morgan fingerprint density at radius 3 is 2.00 bits per heavy atom. The van der Waals surface area contributed by atoms with Crippen LogP contribution in [0.5, 0.6) is 11.5 Å². The van der Waals surface area contributed by atoms with Gasteiger partial charge in [-0.15, -0.1) is 0 Å². The van der Waals surface area contributed by atoms with E-state index in [0.717, 1.165) is 5.75 Å². The fourth-order valence-corrected chi connectivity index (χ4v) is 1.20. The lowest BCUT2D eigenvalue weighted by atomic mass is 10.1. The van der Waals surface area contributed by atoms with Gasteiger partial charge in [0.05, 0.1) is 0 Å². The molecule has 2 nitrogen and oxygen atoms in total. The summed E-state index contributed by atoms with van der Waals surface area (Å²) in [4.78, 5) is 0. The molecule has 1 radical (unpaired) electrons. The molecule has 0 heterocycles. The number of benzene rings is 1. The molecule has 0 spiro atoms. The van der Waals surface area contributed by atoms with Crippen LogP contribution in [0.4, 0.5) is 0 Å². The Morgan fingerprint density at radius 1 is 0.938 bits per heavy atom. The predicted molar refractivity (Wildman–Crippen MR) is 66.0 cm³/mol. The molecule has 0 atom stereocenters. The van der Waals surface area contributed by atoms with Crippen molar-refractivity contribution < 1.29 is 9.47 Å². The summed E-state index contributed by atoms with van der Waals surface area (Å²) < 4.78 is 11.6. The molecule has 0 saturated heterocycles. The number of ether oxygens (including phenoxy) is 2. The van der Waals surface area contributed by atoms with Gasteiger partial charge < -0.3 is 9.47 Å². The molecule has 0 aliphatic rings. The molecule has 0 aromatic heterocycles. The van der Waals surface area contributed by atoms with Gasteiger partial charge in [0, 0.05) is 6.07 Å². The number of hydrogen-bond acceptors (Lipinski definition) is 2. The zero-order valence-corrected chi connectivity index (χ0v) is 11.0. The van der Waals surface area contributed by atoms with Gasteiger partial charge in [-0.25, -0.2) is 0 Å². The van der Waals surface area contributed by atoms with Crippen LogP contribution in [0.15, 0.2) is 18.2 Å². The van der Waals surface area contributed by atoms with Crippen LogP contribution in [-0.4, -0.2) is 11.2 Å². The van der Waals surface area contributed by atoms with Gasteiger partial charge in [0.1, 0.15) is 11.2 Å². The average Bonchev–Trinajstić information content (AvgIpc) is 2.03. The fraction of sp³-hybridized carbons (Fsp3) is 0.571. The van der Waals surface area contributed by atoms with E-state index in [-0.39, 0.29) is 11.2 Å². The molecule has 0 aliphatic carbocycles. The Labute approximate surface area is 98.6 Å². The number of rotatable bonds is 2. The van der Waals surface area contributed by atoms with Crippen molar-refractivity contribution in [2.75, 3.05) is 0 Å². The predicted octanol–water partition coefficient (Wildman–Crippen LogP) is 3.84. The van der Waals surface area contributed by atoms with Gasteiger partial charge in [0.2, 0.25) is 0 Å². The summed E-state index contributed by atoms with van der Waals surface area (Å²) in [6.45, 7) is 12.1. The molecule has 0 aliphatic heterocycles. The molecule has 0 N–H and O–H groups in total. The van der Waals surface area contributed by atoms with Crippen molar-refractivity contribution in [3.8, 4) is 11.5 Å². The maximum atomic E-state index is 5.82. The molecule has 2 heteroatoms. The Bertz CT molecular complexity index is 307. The standard InChI is InChI=1S/C14H21O2/c1-13(2,3)15-11-9-7-8-10-12(11)16-14(4,5)6/h7-9H,1-6H3. The topological polar surface area (TPSA) is 18.5 Å². The van der Waals surface area contributed by atoms with Gasteiger partial charge >= 0.3 is 0 Å². The summed E-state index contributed by atoms with van der Waals surface area (Å²) in [5, 5.41) is 0. The van der Waals surface area contributed by atoms with Crippen LogP contribution >= 0.6 is 0 Å². The van der Waals surface area contributed by atoms with Gasteiger partial charge in [-0.05, 0) is 47.6 Å². The largest absolute Gasteiger partial charge is 0.484 e. The molecule has 1 aromatic carbocycles. The summed E-state index contributed by atoms with van der Waals surface area (Å²) >= 11 is 0. The molecular weight excluding hydrogens is 200 g/mol. The highest BCUT2D eigenvalue weighted by Crippen LogP contribution is 2.31. The molecule has 89 valence electrons. The summed E-state index contributed by atoms with van der Waals surface area (Å²) in [7, 11) is 0. The second-order valence-corrected chi connectivity index (χ2v) is 5.79. The summed E-state index contributed by atoms with van der Waals surface area (Å²) in [6.07, 6.45) is 0. The number of hydrogen-bond donors (Lipinski definition) is 0. The van der Waals surface area contributed by atoms with E-state index < -0.39 is 0 Å². The van der Waals surface area contributed by atoms with E-state index in [1.807, 2.05) is 59.7 Å². The molecule has 16 heavy (non-hydrogen) atoms. The van der Waals surface area contributed by atoms with Crippen molar-refractivity contribution in [1.29, 1.82) is 0 Å². The lowest BCUT2D eigenvalue weighted by molar-refractivity contribution is 0.0955. The van der Waals surface area contributed by atoms with Crippen molar-refractivity contribution in [2.45, 2.75) is 52.7 Å². The second kappa shape index (κ2) is 4.36. The molecule has 0 amide bonds. The summed E-state index contributed by atoms with van der Waals surface area (Å²) in [5.74, 6) is 1.41. The highest BCUT2D eigenvalue weighted by atomic mass is 16.5. The van der Waals surface area contributed by atoms with E-state index in [2.05, 4.69) is 6.07 Å². The average molecular weight is 221 g/mol. The van der Waals surface area contributed by atoms with Crippen LogP contribution in [0.2, 0.25) is 0 Å². The van der Waals surface area contributed by atoms with E-state index in [0.29, 0.717) is 5.75 Å². The molecule has 1 rings (SSSR count). The summed E-state index contributed by atoms with van der Waals surface area (Å²) in [6, 6.07) is 8.70. The smallest absolute Gasteiger partial charge is 0.169 e. The van der Waals surface area contributed by atoms with Gasteiger partial charge in [-0.1, -0.05) is 12.1 Å². The van der Waals surface area contributed by atoms with Crippen molar-refractivity contribution in [3.63, 3.8) is 0 Å². The minimum absolute atomic E-state index is 0.231. The van der Waals surface area contributed by atoms with Crippen molar-refractivity contribution in [2.24, 2.45) is 0 Å². The van der Waals surface area contributed by atoms with Crippen LogP contribution in [0, 0.1) is 6.07 Å². The Kier molecular flexibility index (Phi) is 3.51. The Balaban J connectivity index is 2.92. The van der Waals surface area contributed by atoms with Gasteiger partial charge in [0.25, 0.3) is 0 Å². The van der Waals surface area contributed by atoms with Crippen LogP contribution in [0.25, 0.3) is 0 Å². The zero-order valence-electron chi connectivity index (χ0n) is 11.0. The van der Waals surface area contributed by atoms with E-state index in [1.54, 1.807) is 0 Å². The van der Waals surface area contributed by atoms with E-state index >= 15 is 0 Å². The first kappa shape index (κ1) is 12.9. The molecule has 1 aromatic rings. The van der Waals surface area contributed by atoms with Crippen LogP contribution in [0.1, 0.15) is 41.5 Å². The first-order valence-corrected chi connectivity index (χ1v) is 5.56. The van der Waals surface area contributed by atoms with Crippen molar-refractivity contribution in [1.82, 2.24) is 0 Å². The third-order valence-corrected chi connectivity index (χ3v) is 1.61. The third-order valence-electron chi connectivity index (χ3n) is 1.61. The van der Waals surface area contributed by atoms with Gasteiger partial charge in [-0.3, -0.25) is 0 Å². The van der Waals surface area contributed by atoms with Crippen molar-refractivity contribution >= 4 is 0 Å². The normalized spacial score (nSPS) is 12.4. The molecule has 0 bridgehead atoms. The first-order chi connectivity index (χ1) is 7.17. The molecule has 0 unspecified atom stereocenters. The first-order valence-electron chi connectivity index (χ1n) is 5.56.